The number of aromatic nitrogens is 1. The number of carbonyl (C=O) groups is 1. The Balaban J connectivity index is 2.58. The topological polar surface area (TPSA) is 71.8 Å². The molecule has 1 aromatic rings. The molecule has 1 aromatic heterocycles. The van der Waals surface area contributed by atoms with E-state index in [4.69, 9.17) is 5.21 Å². The average molecular weight is 264 g/mol. The SMILES string of the molecule is COC(=O)CCCC#Cc1ccc(F)c(/C=N/O)n1. The molecule has 0 amide bonds. The van der Waals surface area contributed by atoms with Crippen LogP contribution in [0.2, 0.25) is 0 Å². The molecule has 0 atom stereocenters. The summed E-state index contributed by atoms with van der Waals surface area (Å²) >= 11 is 0. The highest BCUT2D eigenvalue weighted by Crippen LogP contribution is 2.03. The number of methoxy groups -OCH3 is 1. The van der Waals surface area contributed by atoms with E-state index < -0.39 is 5.82 Å². The molecule has 0 spiro atoms. The summed E-state index contributed by atoms with van der Waals surface area (Å²) in [7, 11) is 1.33. The van der Waals surface area contributed by atoms with Crippen molar-refractivity contribution in [3.63, 3.8) is 0 Å². The third-order valence-corrected chi connectivity index (χ3v) is 2.18. The van der Waals surface area contributed by atoms with E-state index >= 15 is 0 Å². The van der Waals surface area contributed by atoms with Crippen LogP contribution in [-0.2, 0) is 9.53 Å². The van der Waals surface area contributed by atoms with E-state index in [1.54, 1.807) is 0 Å². The lowest BCUT2D eigenvalue weighted by Gasteiger charge is -1.96. The van der Waals surface area contributed by atoms with E-state index in [0.29, 0.717) is 25.0 Å². The highest BCUT2D eigenvalue weighted by Gasteiger charge is 2.01. The van der Waals surface area contributed by atoms with Crippen LogP contribution in [0.1, 0.15) is 30.7 Å². The van der Waals surface area contributed by atoms with Crippen molar-refractivity contribution in [2.24, 2.45) is 5.16 Å². The fourth-order valence-electron chi connectivity index (χ4n) is 1.25. The van der Waals surface area contributed by atoms with Crippen LogP contribution >= 0.6 is 0 Å². The first-order chi connectivity index (χ1) is 9.17. The number of oxime groups is 1. The molecule has 19 heavy (non-hydrogen) atoms. The van der Waals surface area contributed by atoms with Crippen LogP contribution in [0.4, 0.5) is 4.39 Å². The van der Waals surface area contributed by atoms with Gasteiger partial charge < -0.3 is 9.94 Å². The molecule has 0 saturated carbocycles. The van der Waals surface area contributed by atoms with Crippen molar-refractivity contribution in [2.45, 2.75) is 19.3 Å². The van der Waals surface area contributed by atoms with Gasteiger partial charge in [-0.25, -0.2) is 9.37 Å². The van der Waals surface area contributed by atoms with Gasteiger partial charge in [0, 0.05) is 12.8 Å². The highest BCUT2D eigenvalue weighted by molar-refractivity contribution is 5.76. The molecule has 6 heteroatoms. The minimum Gasteiger partial charge on any atom is -0.469 e. The smallest absolute Gasteiger partial charge is 0.305 e. The van der Waals surface area contributed by atoms with Crippen LogP contribution in [-0.4, -0.2) is 29.5 Å². The molecule has 0 bridgehead atoms. The van der Waals surface area contributed by atoms with Gasteiger partial charge in [-0.3, -0.25) is 4.79 Å². The molecule has 0 aliphatic carbocycles. The Morgan fingerprint density at radius 1 is 1.63 bits per heavy atom. The van der Waals surface area contributed by atoms with Crippen LogP contribution in [0, 0.1) is 17.7 Å². The molecule has 5 nitrogen and oxygen atoms in total. The second-order valence-corrected chi connectivity index (χ2v) is 3.54. The van der Waals surface area contributed by atoms with Gasteiger partial charge in [0.05, 0.1) is 13.3 Å². The molecule has 0 radical (unpaired) electrons. The number of rotatable bonds is 4. The van der Waals surface area contributed by atoms with Gasteiger partial charge in [-0.2, -0.15) is 0 Å². The molecule has 1 rings (SSSR count). The van der Waals surface area contributed by atoms with Crippen LogP contribution in [0.25, 0.3) is 0 Å². The van der Waals surface area contributed by atoms with E-state index in [1.807, 2.05) is 0 Å². The third-order valence-electron chi connectivity index (χ3n) is 2.18. The fourth-order valence-corrected chi connectivity index (χ4v) is 1.25. The van der Waals surface area contributed by atoms with Gasteiger partial charge in [0.25, 0.3) is 0 Å². The Kier molecular flexibility index (Phi) is 6.03. The minimum atomic E-state index is -0.589. The summed E-state index contributed by atoms with van der Waals surface area (Å²) in [5, 5.41) is 11.1. The molecule has 100 valence electrons. The Morgan fingerprint density at radius 2 is 2.42 bits per heavy atom. The summed E-state index contributed by atoms with van der Waals surface area (Å²) in [5.41, 5.74) is 0.290. The second kappa shape index (κ2) is 7.82. The van der Waals surface area contributed by atoms with Crippen molar-refractivity contribution in [3.05, 3.63) is 29.3 Å². The van der Waals surface area contributed by atoms with Gasteiger partial charge in [-0.1, -0.05) is 11.1 Å². The maximum absolute atomic E-state index is 13.2. The highest BCUT2D eigenvalue weighted by atomic mass is 19.1. The number of hydrogen-bond donors (Lipinski definition) is 1. The largest absolute Gasteiger partial charge is 0.469 e. The molecule has 1 N–H and O–H groups in total. The average Bonchev–Trinajstić information content (AvgIpc) is 2.41. The summed E-state index contributed by atoms with van der Waals surface area (Å²) in [6.45, 7) is 0. The standard InChI is InChI=1S/C13H13FN2O3/c1-19-13(17)6-4-2-3-5-10-7-8-11(14)12(16-10)9-15-18/h7-9,18H,2,4,6H2,1H3/b15-9+. The van der Waals surface area contributed by atoms with Crippen LogP contribution in [0.15, 0.2) is 17.3 Å². The third kappa shape index (κ3) is 5.17. The lowest BCUT2D eigenvalue weighted by atomic mass is 10.2. The summed E-state index contributed by atoms with van der Waals surface area (Å²) in [6, 6.07) is 2.62. The van der Waals surface area contributed by atoms with Crippen LogP contribution in [0.3, 0.4) is 0 Å². The van der Waals surface area contributed by atoms with Crippen molar-refractivity contribution in [2.75, 3.05) is 7.11 Å². The van der Waals surface area contributed by atoms with Gasteiger partial charge in [0.2, 0.25) is 0 Å². The van der Waals surface area contributed by atoms with Crippen molar-refractivity contribution in [1.29, 1.82) is 0 Å². The van der Waals surface area contributed by atoms with E-state index in [0.717, 1.165) is 6.21 Å². The second-order valence-electron chi connectivity index (χ2n) is 3.54. The van der Waals surface area contributed by atoms with Gasteiger partial charge in [0.1, 0.15) is 11.4 Å². The minimum absolute atomic E-state index is 0.0798. The molecule has 0 fully saturated rings. The zero-order chi connectivity index (χ0) is 14.1. The van der Waals surface area contributed by atoms with Crippen LogP contribution in [0.5, 0.6) is 0 Å². The number of nitrogens with zero attached hydrogens (tertiary/aromatic N) is 2. The van der Waals surface area contributed by atoms with Crippen molar-refractivity contribution < 1.29 is 19.1 Å². The van der Waals surface area contributed by atoms with Crippen molar-refractivity contribution in [1.82, 2.24) is 4.98 Å². The first-order valence-corrected chi connectivity index (χ1v) is 5.57. The molecule has 0 unspecified atom stereocenters. The monoisotopic (exact) mass is 264 g/mol. The maximum atomic E-state index is 13.2. The van der Waals surface area contributed by atoms with Crippen molar-refractivity contribution >= 4 is 12.2 Å². The predicted octanol–water partition coefficient (Wildman–Crippen LogP) is 1.72. The molecule has 1 heterocycles. The normalized spacial score (nSPS) is 10.0. The quantitative estimate of drug-likeness (QED) is 0.224. The zero-order valence-corrected chi connectivity index (χ0v) is 10.4. The van der Waals surface area contributed by atoms with Gasteiger partial charge in [-0.15, -0.1) is 0 Å². The van der Waals surface area contributed by atoms with Gasteiger partial charge in [-0.05, 0) is 24.5 Å². The van der Waals surface area contributed by atoms with Crippen LogP contribution < -0.4 is 0 Å². The molecular formula is C13H13FN2O3. The summed E-state index contributed by atoms with van der Waals surface area (Å²) in [5.74, 6) is 4.70. The molecule has 0 aliphatic rings. The Hall–Kier alpha value is -2.42. The molecule has 0 saturated heterocycles. The predicted molar refractivity (Wildman–Crippen MR) is 66.3 cm³/mol. The first-order valence-electron chi connectivity index (χ1n) is 5.57. The lowest BCUT2D eigenvalue weighted by molar-refractivity contribution is -0.140. The van der Waals surface area contributed by atoms with E-state index in [1.165, 1.54) is 19.2 Å². The summed E-state index contributed by atoms with van der Waals surface area (Å²) in [4.78, 5) is 14.7. The fraction of sp³-hybridized carbons (Fsp3) is 0.308. The summed E-state index contributed by atoms with van der Waals surface area (Å²) < 4.78 is 17.7. The number of esters is 1. The summed E-state index contributed by atoms with van der Waals surface area (Å²) in [6.07, 6.45) is 2.31. The number of carbonyl (C=O) groups excluding carboxylic acids is 1. The Labute approximate surface area is 110 Å². The molecule has 0 aliphatic heterocycles. The number of ether oxygens (including phenoxy) is 1. The van der Waals surface area contributed by atoms with E-state index in [-0.39, 0.29) is 11.7 Å². The van der Waals surface area contributed by atoms with Gasteiger partial charge in [0.15, 0.2) is 5.82 Å². The van der Waals surface area contributed by atoms with Crippen molar-refractivity contribution in [3.8, 4) is 11.8 Å². The van der Waals surface area contributed by atoms with Gasteiger partial charge >= 0.3 is 5.97 Å². The first kappa shape index (κ1) is 14.6. The Bertz CT molecular complexity index is 532. The number of halogens is 1. The number of pyridine rings is 1. The Morgan fingerprint density at radius 3 is 3.11 bits per heavy atom. The lowest BCUT2D eigenvalue weighted by Crippen LogP contribution is -1.98. The molecule has 0 aromatic carbocycles. The van der Waals surface area contributed by atoms with E-state index in [9.17, 15) is 9.18 Å². The molecular weight excluding hydrogens is 251 g/mol. The number of unbranched alkanes of at least 4 members (excludes halogenated alkanes) is 1. The zero-order valence-electron chi connectivity index (χ0n) is 10.4. The number of hydrogen-bond acceptors (Lipinski definition) is 5. The van der Waals surface area contributed by atoms with E-state index in [2.05, 4.69) is 26.7 Å². The maximum Gasteiger partial charge on any atom is 0.305 e.